The van der Waals surface area contributed by atoms with E-state index in [1.807, 2.05) is 0 Å². The van der Waals surface area contributed by atoms with E-state index >= 15 is 0 Å². The molecule has 2 fully saturated rings. The molecule has 0 bridgehead atoms. The van der Waals surface area contributed by atoms with Gasteiger partial charge in [-0.05, 0) is 48.3 Å². The summed E-state index contributed by atoms with van der Waals surface area (Å²) >= 11 is 6.16. The number of aliphatic hydroxyl groups excluding tert-OH is 1. The maximum atomic E-state index is 11.7. The van der Waals surface area contributed by atoms with Gasteiger partial charge in [0.25, 0.3) is 0 Å². The van der Waals surface area contributed by atoms with Crippen LogP contribution in [0.3, 0.4) is 0 Å². The Morgan fingerprint density at radius 1 is 1.33 bits per heavy atom. The Kier molecular flexibility index (Phi) is 3.87. The zero-order chi connectivity index (χ0) is 17.1. The van der Waals surface area contributed by atoms with Crippen molar-refractivity contribution in [3.8, 4) is 0 Å². The van der Waals surface area contributed by atoms with Crippen LogP contribution in [0.4, 0.5) is 0 Å². The fourth-order valence-corrected chi connectivity index (χ4v) is 5.52. The minimum atomic E-state index is -3.12. The van der Waals surface area contributed by atoms with Gasteiger partial charge in [-0.2, -0.15) is 5.10 Å². The largest absolute Gasteiger partial charge is 0.388 e. The highest BCUT2D eigenvalue weighted by molar-refractivity contribution is 7.88. The van der Waals surface area contributed by atoms with E-state index in [9.17, 15) is 13.5 Å². The second-order valence-corrected chi connectivity index (χ2v) is 9.52. The highest BCUT2D eigenvalue weighted by Gasteiger charge is 2.45. The molecule has 0 radical (unpaired) electrons. The number of aliphatic hydroxyl groups is 1. The van der Waals surface area contributed by atoms with Crippen molar-refractivity contribution >= 4 is 32.5 Å². The lowest BCUT2D eigenvalue weighted by Gasteiger charge is -2.22. The minimum Gasteiger partial charge on any atom is -0.388 e. The van der Waals surface area contributed by atoms with Crippen LogP contribution in [0.5, 0.6) is 0 Å². The number of nitrogens with zero attached hydrogens (tertiary/aromatic N) is 2. The van der Waals surface area contributed by atoms with Crippen LogP contribution in [0.1, 0.15) is 24.5 Å². The fourth-order valence-electron chi connectivity index (χ4n) is 4.37. The second-order valence-electron chi connectivity index (χ2n) is 7.10. The number of aromatic amines is 1. The summed E-state index contributed by atoms with van der Waals surface area (Å²) in [7, 11) is -3.12. The first-order valence-electron chi connectivity index (χ1n) is 8.08. The number of halogens is 1. The molecule has 6 nitrogen and oxygen atoms in total. The average Bonchev–Trinajstić information content (AvgIpc) is 3.17. The highest BCUT2D eigenvalue weighted by atomic mass is 35.5. The maximum Gasteiger partial charge on any atom is 0.211 e. The van der Waals surface area contributed by atoms with E-state index in [0.717, 1.165) is 29.3 Å². The van der Waals surface area contributed by atoms with Crippen LogP contribution >= 0.6 is 11.6 Å². The van der Waals surface area contributed by atoms with Crippen LogP contribution in [-0.2, 0) is 10.0 Å². The zero-order valence-electron chi connectivity index (χ0n) is 13.3. The SMILES string of the molecule is CS(=O)(=O)N1C[C@H]2CC(C(O)c3cc(Cl)cc4[nH]ncc34)C[C@H]2C1. The normalized spacial score (nSPS) is 29.2. The maximum absolute atomic E-state index is 11.7. The van der Waals surface area contributed by atoms with Crippen LogP contribution in [0.25, 0.3) is 10.9 Å². The summed E-state index contributed by atoms with van der Waals surface area (Å²) < 4.78 is 25.0. The van der Waals surface area contributed by atoms with E-state index in [2.05, 4.69) is 10.2 Å². The molecule has 4 rings (SSSR count). The van der Waals surface area contributed by atoms with Crippen molar-refractivity contribution in [2.45, 2.75) is 18.9 Å². The summed E-state index contributed by atoms with van der Waals surface area (Å²) in [4.78, 5) is 0. The van der Waals surface area contributed by atoms with Crippen LogP contribution in [0, 0.1) is 17.8 Å². The molecular formula is C16H20ClN3O3S. The number of fused-ring (bicyclic) bond motifs is 2. The highest BCUT2D eigenvalue weighted by Crippen LogP contribution is 2.47. The number of rotatable bonds is 3. The molecule has 1 saturated carbocycles. The number of nitrogens with one attached hydrogen (secondary N) is 1. The Morgan fingerprint density at radius 3 is 2.62 bits per heavy atom. The molecule has 0 spiro atoms. The van der Waals surface area contributed by atoms with Crippen molar-refractivity contribution in [1.29, 1.82) is 0 Å². The van der Waals surface area contributed by atoms with Crippen molar-refractivity contribution in [3.63, 3.8) is 0 Å². The monoisotopic (exact) mass is 369 g/mol. The minimum absolute atomic E-state index is 0.123. The smallest absolute Gasteiger partial charge is 0.211 e. The first-order chi connectivity index (χ1) is 11.3. The van der Waals surface area contributed by atoms with Crippen molar-refractivity contribution in [1.82, 2.24) is 14.5 Å². The summed E-state index contributed by atoms with van der Waals surface area (Å²) in [5.74, 6) is 0.787. The molecular weight excluding hydrogens is 350 g/mol. The first-order valence-corrected chi connectivity index (χ1v) is 10.3. The Morgan fingerprint density at radius 2 is 2.00 bits per heavy atom. The van der Waals surface area contributed by atoms with Gasteiger partial charge in [0.2, 0.25) is 10.0 Å². The first kappa shape index (κ1) is 16.3. The standard InChI is InChI=1S/C16H20ClN3O3S/c1-24(22,23)20-7-10-2-9(3-11(10)8-20)16(21)13-4-12(17)5-15-14(13)6-18-19-15/h4-6,9-11,16,21H,2-3,7-8H2,1H3,(H,18,19)/t9?,10-,11+,16?. The lowest BCUT2D eigenvalue weighted by atomic mass is 9.91. The van der Waals surface area contributed by atoms with Gasteiger partial charge in [-0.25, -0.2) is 12.7 Å². The molecule has 1 aliphatic carbocycles. The molecule has 2 N–H and O–H groups in total. The molecule has 2 aromatic rings. The van der Waals surface area contributed by atoms with Gasteiger partial charge in [0.1, 0.15) is 0 Å². The average molecular weight is 370 g/mol. The molecule has 8 heteroatoms. The zero-order valence-corrected chi connectivity index (χ0v) is 14.9. The van der Waals surface area contributed by atoms with E-state index in [1.165, 1.54) is 6.26 Å². The van der Waals surface area contributed by atoms with Crippen molar-refractivity contribution in [2.24, 2.45) is 17.8 Å². The summed E-state index contributed by atoms with van der Waals surface area (Å²) in [5, 5.41) is 19.3. The fraction of sp³-hybridized carbons (Fsp3) is 0.562. The molecule has 2 unspecified atom stereocenters. The lowest BCUT2D eigenvalue weighted by molar-refractivity contribution is 0.107. The van der Waals surface area contributed by atoms with Gasteiger partial charge in [0.15, 0.2) is 0 Å². The number of sulfonamides is 1. The van der Waals surface area contributed by atoms with Gasteiger partial charge in [-0.15, -0.1) is 0 Å². The molecule has 1 aliphatic heterocycles. The third kappa shape index (κ3) is 2.73. The van der Waals surface area contributed by atoms with E-state index in [0.29, 0.717) is 29.9 Å². The van der Waals surface area contributed by atoms with Crippen LogP contribution in [0.2, 0.25) is 5.02 Å². The lowest BCUT2D eigenvalue weighted by Crippen LogP contribution is -2.29. The van der Waals surface area contributed by atoms with Crippen LogP contribution < -0.4 is 0 Å². The van der Waals surface area contributed by atoms with Crippen molar-refractivity contribution in [3.05, 3.63) is 28.9 Å². The second kappa shape index (κ2) is 5.69. The van der Waals surface area contributed by atoms with E-state index in [4.69, 9.17) is 11.6 Å². The number of benzene rings is 1. The quantitative estimate of drug-likeness (QED) is 0.868. The van der Waals surface area contributed by atoms with Gasteiger partial charge < -0.3 is 5.11 Å². The Labute approximate surface area is 145 Å². The van der Waals surface area contributed by atoms with E-state index < -0.39 is 16.1 Å². The molecule has 4 atom stereocenters. The van der Waals surface area contributed by atoms with E-state index in [-0.39, 0.29) is 5.92 Å². The molecule has 2 heterocycles. The van der Waals surface area contributed by atoms with Crippen molar-refractivity contribution in [2.75, 3.05) is 19.3 Å². The van der Waals surface area contributed by atoms with Gasteiger partial charge in [0.05, 0.1) is 24.1 Å². The molecule has 1 aromatic carbocycles. The van der Waals surface area contributed by atoms with Crippen LogP contribution in [0.15, 0.2) is 18.3 Å². The predicted octanol–water partition coefficient (Wildman–Crippen LogP) is 2.17. The molecule has 24 heavy (non-hydrogen) atoms. The summed E-state index contributed by atoms with van der Waals surface area (Å²) in [6, 6.07) is 3.61. The predicted molar refractivity (Wildman–Crippen MR) is 92.2 cm³/mol. The molecule has 1 aromatic heterocycles. The number of hydrogen-bond acceptors (Lipinski definition) is 4. The molecule has 1 saturated heterocycles. The molecule has 130 valence electrons. The Balaban J connectivity index is 1.55. The van der Waals surface area contributed by atoms with Gasteiger partial charge in [0, 0.05) is 23.5 Å². The summed E-state index contributed by atoms with van der Waals surface area (Å²) in [6.45, 7) is 1.15. The summed E-state index contributed by atoms with van der Waals surface area (Å²) in [5.41, 5.74) is 1.62. The summed E-state index contributed by atoms with van der Waals surface area (Å²) in [6.07, 6.45) is 4.04. The van der Waals surface area contributed by atoms with Gasteiger partial charge >= 0.3 is 0 Å². The third-order valence-electron chi connectivity index (χ3n) is 5.54. The van der Waals surface area contributed by atoms with Gasteiger partial charge in [-0.3, -0.25) is 5.10 Å². The van der Waals surface area contributed by atoms with Gasteiger partial charge in [-0.1, -0.05) is 11.6 Å². The van der Waals surface area contributed by atoms with Crippen molar-refractivity contribution < 1.29 is 13.5 Å². The topological polar surface area (TPSA) is 86.3 Å². The van der Waals surface area contributed by atoms with Crippen LogP contribution in [-0.4, -0.2) is 47.4 Å². The number of H-pyrrole nitrogens is 1. The van der Waals surface area contributed by atoms with E-state index in [1.54, 1.807) is 22.6 Å². The molecule has 2 aliphatic rings. The molecule has 0 amide bonds. The Hall–Kier alpha value is -1.15. The Bertz CT molecular complexity index is 868. The number of hydrogen-bond donors (Lipinski definition) is 2. The third-order valence-corrected chi connectivity index (χ3v) is 7.00. The number of aromatic nitrogens is 2.